The summed E-state index contributed by atoms with van der Waals surface area (Å²) in [5.74, 6) is 0.632. The molecule has 9 heteroatoms. The van der Waals surface area contributed by atoms with Gasteiger partial charge in [0.1, 0.15) is 17.4 Å². The molecule has 3 amide bonds. The number of nitrogens with one attached hydrogen (secondary N) is 1. The number of urea groups is 1. The van der Waals surface area contributed by atoms with Gasteiger partial charge in [0.05, 0.1) is 6.61 Å². The lowest BCUT2D eigenvalue weighted by Gasteiger charge is -2.08. The zero-order valence-electron chi connectivity index (χ0n) is 11.9. The molecular formula is C14H15N3O5S. The topological polar surface area (TPSA) is 137 Å². The number of aliphatic hydroxyl groups excluding tert-OH is 1. The maximum absolute atomic E-state index is 11.1. The summed E-state index contributed by atoms with van der Waals surface area (Å²) < 4.78 is 10.3. The molecule has 0 aliphatic rings. The average Bonchev–Trinajstić information content (AvgIpc) is 2.86. The van der Waals surface area contributed by atoms with Crippen LogP contribution in [0.4, 0.5) is 14.6 Å². The van der Waals surface area contributed by atoms with Gasteiger partial charge >= 0.3 is 12.1 Å². The van der Waals surface area contributed by atoms with Crippen molar-refractivity contribution in [3.05, 3.63) is 30.3 Å². The summed E-state index contributed by atoms with van der Waals surface area (Å²) in [6, 6.07) is 7.87. The highest BCUT2D eigenvalue weighted by atomic mass is 32.1. The molecule has 1 aromatic carbocycles. The van der Waals surface area contributed by atoms with Crippen LogP contribution in [0.15, 0.2) is 30.3 Å². The number of hydrogen-bond donors (Lipinski definition) is 4. The summed E-state index contributed by atoms with van der Waals surface area (Å²) in [7, 11) is 0. The second kappa shape index (κ2) is 7.47. The van der Waals surface area contributed by atoms with Crippen LogP contribution in [0.25, 0.3) is 10.4 Å². The smallest absolute Gasteiger partial charge is 0.410 e. The van der Waals surface area contributed by atoms with Crippen molar-refractivity contribution < 1.29 is 24.2 Å². The molecule has 0 unspecified atom stereocenters. The van der Waals surface area contributed by atoms with Gasteiger partial charge in [0.15, 0.2) is 5.75 Å². The van der Waals surface area contributed by atoms with Gasteiger partial charge in [-0.1, -0.05) is 12.1 Å². The Balaban J connectivity index is 2.41. The lowest BCUT2D eigenvalue weighted by molar-refractivity contribution is 0.202. The van der Waals surface area contributed by atoms with E-state index in [1.807, 2.05) is 0 Å². The first-order valence-corrected chi connectivity index (χ1v) is 7.33. The molecule has 0 spiro atoms. The van der Waals surface area contributed by atoms with Gasteiger partial charge in [-0.15, -0.1) is 11.3 Å². The van der Waals surface area contributed by atoms with Gasteiger partial charge in [0, 0.05) is 16.5 Å². The van der Waals surface area contributed by atoms with Crippen LogP contribution in [-0.2, 0) is 0 Å². The van der Waals surface area contributed by atoms with Crippen molar-refractivity contribution in [2.75, 3.05) is 18.5 Å². The van der Waals surface area contributed by atoms with E-state index in [0.717, 1.165) is 11.3 Å². The third kappa shape index (κ3) is 4.34. The van der Waals surface area contributed by atoms with Crippen LogP contribution < -0.4 is 26.3 Å². The predicted octanol–water partition coefficient (Wildman–Crippen LogP) is 1.73. The molecule has 2 aromatic rings. The number of ether oxygens (including phenoxy) is 2. The Bertz CT molecular complexity index is 683. The van der Waals surface area contributed by atoms with Crippen molar-refractivity contribution in [3.63, 3.8) is 0 Å². The predicted molar refractivity (Wildman–Crippen MR) is 85.8 cm³/mol. The third-order valence-corrected chi connectivity index (χ3v) is 3.71. The zero-order valence-corrected chi connectivity index (χ0v) is 12.8. The normalized spacial score (nSPS) is 10.1. The van der Waals surface area contributed by atoms with Crippen molar-refractivity contribution >= 4 is 28.5 Å². The number of aliphatic hydroxyl groups is 1. The maximum Gasteiger partial charge on any atom is 0.410 e. The molecule has 0 saturated heterocycles. The van der Waals surface area contributed by atoms with Gasteiger partial charge in [0.25, 0.3) is 0 Å². The summed E-state index contributed by atoms with van der Waals surface area (Å²) in [4.78, 5) is 22.7. The van der Waals surface area contributed by atoms with E-state index >= 15 is 0 Å². The first-order valence-electron chi connectivity index (χ1n) is 6.52. The quantitative estimate of drug-likeness (QED) is 0.636. The molecule has 0 bridgehead atoms. The van der Waals surface area contributed by atoms with Crippen LogP contribution in [0.1, 0.15) is 0 Å². The van der Waals surface area contributed by atoms with Crippen LogP contribution >= 0.6 is 11.3 Å². The first-order chi connectivity index (χ1) is 11.0. The highest BCUT2D eigenvalue weighted by Gasteiger charge is 2.17. The second-order valence-corrected chi connectivity index (χ2v) is 5.33. The van der Waals surface area contributed by atoms with Crippen molar-refractivity contribution in [2.45, 2.75) is 0 Å². The minimum absolute atomic E-state index is 0.0910. The molecule has 0 fully saturated rings. The molecule has 0 radical (unpaired) electrons. The molecule has 1 heterocycles. The number of primary amides is 2. The molecule has 0 atom stereocenters. The molecule has 0 aliphatic heterocycles. The van der Waals surface area contributed by atoms with Crippen molar-refractivity contribution in [1.82, 2.24) is 0 Å². The number of para-hydroxylation sites is 1. The van der Waals surface area contributed by atoms with E-state index in [0.29, 0.717) is 16.2 Å². The molecule has 8 nitrogen and oxygen atoms in total. The van der Waals surface area contributed by atoms with E-state index in [9.17, 15) is 9.59 Å². The lowest BCUT2D eigenvalue weighted by Crippen LogP contribution is -2.20. The Kier molecular flexibility index (Phi) is 5.39. The Morgan fingerprint density at radius 2 is 1.96 bits per heavy atom. The highest BCUT2D eigenvalue weighted by Crippen LogP contribution is 2.43. The molecule has 6 N–H and O–H groups in total. The molecule has 1 aromatic heterocycles. The Labute approximate surface area is 135 Å². The van der Waals surface area contributed by atoms with Crippen LogP contribution in [-0.4, -0.2) is 30.4 Å². The zero-order chi connectivity index (χ0) is 16.8. The van der Waals surface area contributed by atoms with Gasteiger partial charge in [-0.05, 0) is 12.1 Å². The number of amides is 3. The lowest BCUT2D eigenvalue weighted by atomic mass is 10.1. The number of nitrogens with two attached hydrogens (primary N) is 2. The van der Waals surface area contributed by atoms with Crippen LogP contribution in [0.5, 0.6) is 11.5 Å². The van der Waals surface area contributed by atoms with Gasteiger partial charge in [0.2, 0.25) is 0 Å². The van der Waals surface area contributed by atoms with Crippen LogP contribution in [0.2, 0.25) is 0 Å². The summed E-state index contributed by atoms with van der Waals surface area (Å²) in [5.41, 5.74) is 10.8. The van der Waals surface area contributed by atoms with Gasteiger partial charge in [-0.25, -0.2) is 9.59 Å². The Morgan fingerprint density at radius 3 is 2.61 bits per heavy atom. The molecular weight excluding hydrogens is 322 g/mol. The summed E-state index contributed by atoms with van der Waals surface area (Å²) in [6.07, 6.45) is -1.01. The fourth-order valence-corrected chi connectivity index (χ4v) is 2.86. The van der Waals surface area contributed by atoms with E-state index < -0.39 is 12.1 Å². The second-order valence-electron chi connectivity index (χ2n) is 4.28. The number of hydrogen-bond acceptors (Lipinski definition) is 6. The third-order valence-electron chi connectivity index (χ3n) is 2.65. The number of carbonyl (C=O) groups is 2. The molecule has 122 valence electrons. The van der Waals surface area contributed by atoms with Crippen LogP contribution in [0, 0.1) is 0 Å². The number of thiophene rings is 1. The monoisotopic (exact) mass is 337 g/mol. The Morgan fingerprint density at radius 1 is 1.22 bits per heavy atom. The first kappa shape index (κ1) is 16.6. The summed E-state index contributed by atoms with van der Waals surface area (Å²) in [6.45, 7) is 0.0166. The fourth-order valence-electron chi connectivity index (χ4n) is 1.84. The average molecular weight is 337 g/mol. The van der Waals surface area contributed by atoms with E-state index in [-0.39, 0.29) is 24.0 Å². The van der Waals surface area contributed by atoms with Gasteiger partial charge in [-0.3, -0.25) is 5.32 Å². The van der Waals surface area contributed by atoms with Gasteiger partial charge < -0.3 is 26.0 Å². The Hall–Kier alpha value is -2.78. The SMILES string of the molecule is NC(=O)Nc1sc(-c2ccccc2OCCO)cc1OC(N)=O. The standard InChI is InChI=1S/C14H15N3O5S/c15-13(19)17-12-10(22-14(16)20)7-11(23-12)8-3-1-2-4-9(8)21-6-5-18/h1-4,7,18H,5-6H2,(H2,16,20)(H3,15,17,19). The summed E-state index contributed by atoms with van der Waals surface area (Å²) in [5, 5.41) is 11.5. The minimum Gasteiger partial charge on any atom is -0.491 e. The number of anilines is 1. The molecule has 23 heavy (non-hydrogen) atoms. The minimum atomic E-state index is -1.01. The number of rotatable bonds is 6. The van der Waals surface area contributed by atoms with Crippen molar-refractivity contribution in [2.24, 2.45) is 11.5 Å². The van der Waals surface area contributed by atoms with Gasteiger partial charge in [-0.2, -0.15) is 0 Å². The highest BCUT2D eigenvalue weighted by molar-refractivity contribution is 7.20. The molecule has 0 saturated carbocycles. The number of benzene rings is 1. The van der Waals surface area contributed by atoms with E-state index in [2.05, 4.69) is 5.32 Å². The summed E-state index contributed by atoms with van der Waals surface area (Å²) >= 11 is 1.14. The molecule has 2 rings (SSSR count). The molecule has 0 aliphatic carbocycles. The van der Waals surface area contributed by atoms with Crippen molar-refractivity contribution in [1.29, 1.82) is 0 Å². The van der Waals surface area contributed by atoms with E-state index in [4.69, 9.17) is 26.0 Å². The largest absolute Gasteiger partial charge is 0.491 e. The number of carbonyl (C=O) groups excluding carboxylic acids is 2. The van der Waals surface area contributed by atoms with E-state index in [1.165, 1.54) is 0 Å². The fraction of sp³-hybridized carbons (Fsp3) is 0.143. The van der Waals surface area contributed by atoms with Crippen molar-refractivity contribution in [3.8, 4) is 21.9 Å². The maximum atomic E-state index is 11.1. The van der Waals surface area contributed by atoms with Crippen LogP contribution in [0.3, 0.4) is 0 Å². The van der Waals surface area contributed by atoms with E-state index in [1.54, 1.807) is 30.3 Å².